The van der Waals surface area contributed by atoms with Crippen molar-refractivity contribution in [2.45, 2.75) is 0 Å². The Labute approximate surface area is 277 Å². The van der Waals surface area contributed by atoms with Crippen molar-refractivity contribution in [1.82, 2.24) is 9.55 Å². The molecule has 2 aromatic heterocycles. The number of anilines is 3. The van der Waals surface area contributed by atoms with Gasteiger partial charge in [0.1, 0.15) is 5.82 Å². The number of rotatable bonds is 3. The molecule has 0 radical (unpaired) electrons. The second kappa shape index (κ2) is 10.8. The first kappa shape index (κ1) is 27.4. The van der Waals surface area contributed by atoms with Gasteiger partial charge in [0.15, 0.2) is 5.69 Å². The first-order valence-electron chi connectivity index (χ1n) is 15.7. The normalized spacial score (nSPS) is 11.7. The number of fused-ring (bicyclic) bond motifs is 9. The fourth-order valence-corrected chi connectivity index (χ4v) is 7.27. The smallest absolute Gasteiger partial charge is 0.196 e. The molecule has 5 heteroatoms. The minimum Gasteiger partial charge on any atom is -0.309 e. The number of nitriles is 1. The lowest BCUT2D eigenvalue weighted by Crippen LogP contribution is -2.11. The summed E-state index contributed by atoms with van der Waals surface area (Å²) in [6, 6.07) is 52.1. The Bertz CT molecular complexity index is 2610. The molecule has 222 valence electrons. The monoisotopic (exact) mass is 611 g/mol. The van der Waals surface area contributed by atoms with Crippen molar-refractivity contribution in [3.8, 4) is 45.3 Å². The second-order valence-corrected chi connectivity index (χ2v) is 11.8. The lowest BCUT2D eigenvalue weighted by Gasteiger charge is -2.28. The average molecular weight is 612 g/mol. The molecule has 1 aliphatic rings. The van der Waals surface area contributed by atoms with Gasteiger partial charge in [-0.15, -0.1) is 0 Å². The van der Waals surface area contributed by atoms with Gasteiger partial charge in [0.2, 0.25) is 0 Å². The third-order valence-corrected chi connectivity index (χ3v) is 9.26. The Morgan fingerprint density at radius 3 is 2.12 bits per heavy atom. The summed E-state index contributed by atoms with van der Waals surface area (Å²) in [5.41, 5.74) is 12.3. The van der Waals surface area contributed by atoms with Crippen LogP contribution < -0.4 is 4.90 Å². The summed E-state index contributed by atoms with van der Waals surface area (Å²) in [5, 5.41) is 12.2. The molecular weight excluding hydrogens is 587 g/mol. The number of benzene rings is 6. The molecule has 0 saturated carbocycles. The van der Waals surface area contributed by atoms with E-state index in [0.29, 0.717) is 16.8 Å². The van der Waals surface area contributed by atoms with Crippen LogP contribution >= 0.6 is 0 Å². The van der Waals surface area contributed by atoms with Crippen LogP contribution in [0, 0.1) is 17.9 Å². The molecule has 9 rings (SSSR count). The molecule has 0 atom stereocenters. The minimum atomic E-state index is 0.465. The maximum atomic E-state index is 9.90. The number of nitrogens with zero attached hydrogens (tertiary/aromatic N) is 5. The van der Waals surface area contributed by atoms with Crippen LogP contribution in [-0.2, 0) is 0 Å². The first-order chi connectivity index (χ1) is 23.8. The van der Waals surface area contributed by atoms with Gasteiger partial charge in [-0.2, -0.15) is 5.26 Å². The van der Waals surface area contributed by atoms with Gasteiger partial charge in [-0.25, -0.2) is 9.83 Å². The third kappa shape index (κ3) is 3.99. The summed E-state index contributed by atoms with van der Waals surface area (Å²) < 4.78 is 2.25. The zero-order chi connectivity index (χ0) is 32.2. The van der Waals surface area contributed by atoms with E-state index in [1.807, 2.05) is 30.5 Å². The molecule has 0 aliphatic carbocycles. The van der Waals surface area contributed by atoms with Crippen LogP contribution in [0.5, 0.6) is 0 Å². The van der Waals surface area contributed by atoms with Crippen LogP contribution in [0.15, 0.2) is 152 Å². The van der Waals surface area contributed by atoms with E-state index in [2.05, 4.69) is 124 Å². The summed E-state index contributed by atoms with van der Waals surface area (Å²) in [4.78, 5) is 10.9. The van der Waals surface area contributed by atoms with Crippen LogP contribution in [-0.4, -0.2) is 9.55 Å². The maximum absolute atomic E-state index is 9.90. The molecule has 48 heavy (non-hydrogen) atoms. The van der Waals surface area contributed by atoms with E-state index >= 15 is 0 Å². The quantitative estimate of drug-likeness (QED) is 0.187. The highest BCUT2D eigenvalue weighted by atomic mass is 15.2. The molecule has 3 heterocycles. The number of hydrogen-bond donors (Lipinski definition) is 0. The molecule has 6 aromatic carbocycles. The van der Waals surface area contributed by atoms with Crippen LogP contribution in [0.2, 0.25) is 0 Å². The lowest BCUT2D eigenvalue weighted by atomic mass is 9.93. The van der Waals surface area contributed by atoms with Gasteiger partial charge < -0.3 is 4.90 Å². The van der Waals surface area contributed by atoms with E-state index in [1.165, 1.54) is 11.1 Å². The standard InChI is InChI=1S/C43H25N5/c1-45-36-16-10-11-29(27-44)41(36)28-20-22-30(23-21-28)47-37-17-6-4-14-33(37)31-12-2-3-13-32(31)34-24-25-39-42(43(34)47)35-15-5-7-18-38(35)48(39)40-19-8-9-26-46-40/h2-26H. The van der Waals surface area contributed by atoms with Crippen LogP contribution in [0.3, 0.4) is 0 Å². The summed E-state index contributed by atoms with van der Waals surface area (Å²) >= 11 is 0. The maximum Gasteiger partial charge on any atom is 0.196 e. The van der Waals surface area contributed by atoms with Crippen molar-refractivity contribution in [2.24, 2.45) is 0 Å². The number of hydrogen-bond acceptors (Lipinski definition) is 3. The summed E-state index contributed by atoms with van der Waals surface area (Å²) in [5.74, 6) is 0.862. The van der Waals surface area contributed by atoms with Crippen molar-refractivity contribution >= 4 is 44.6 Å². The van der Waals surface area contributed by atoms with E-state index in [0.717, 1.165) is 61.4 Å². The number of pyridine rings is 1. The molecular formula is C43H25N5. The molecule has 0 amide bonds. The highest BCUT2D eigenvalue weighted by molar-refractivity contribution is 6.21. The van der Waals surface area contributed by atoms with Gasteiger partial charge in [0, 0.05) is 44.9 Å². The van der Waals surface area contributed by atoms with Gasteiger partial charge in [-0.05, 0) is 65.2 Å². The van der Waals surface area contributed by atoms with Crippen LogP contribution in [0.25, 0.3) is 65.8 Å². The topological polar surface area (TPSA) is 49.2 Å². The number of para-hydroxylation sites is 2. The predicted molar refractivity (Wildman–Crippen MR) is 194 cm³/mol. The zero-order valence-corrected chi connectivity index (χ0v) is 25.7. The lowest BCUT2D eigenvalue weighted by molar-refractivity contribution is 1.08. The Hall–Kier alpha value is -6.95. The van der Waals surface area contributed by atoms with E-state index in [-0.39, 0.29) is 0 Å². The summed E-state index contributed by atoms with van der Waals surface area (Å²) in [6.07, 6.45) is 1.84. The Morgan fingerprint density at radius 2 is 1.35 bits per heavy atom. The van der Waals surface area contributed by atoms with Gasteiger partial charge >= 0.3 is 0 Å². The van der Waals surface area contributed by atoms with Crippen molar-refractivity contribution < 1.29 is 0 Å². The third-order valence-electron chi connectivity index (χ3n) is 9.26. The molecule has 0 fully saturated rings. The Morgan fingerprint density at radius 1 is 0.625 bits per heavy atom. The van der Waals surface area contributed by atoms with E-state index in [1.54, 1.807) is 18.2 Å². The molecule has 0 N–H and O–H groups in total. The van der Waals surface area contributed by atoms with Gasteiger partial charge in [-0.1, -0.05) is 97.1 Å². The Kier molecular flexibility index (Phi) is 6.18. The van der Waals surface area contributed by atoms with Crippen molar-refractivity contribution in [3.63, 3.8) is 0 Å². The van der Waals surface area contributed by atoms with Crippen molar-refractivity contribution in [2.75, 3.05) is 4.90 Å². The SMILES string of the molecule is [C-]#[N+]c1cccc(C#N)c1-c1ccc(N2c3ccccc3-c3ccccc3-c3ccc4c(c32)c2ccccc2n4-c2ccccn2)cc1. The van der Waals surface area contributed by atoms with Gasteiger partial charge in [0.05, 0.1) is 35.0 Å². The molecule has 1 aliphatic heterocycles. The summed E-state index contributed by atoms with van der Waals surface area (Å²) in [7, 11) is 0. The molecule has 0 bridgehead atoms. The average Bonchev–Trinajstić information content (AvgIpc) is 3.44. The van der Waals surface area contributed by atoms with Crippen molar-refractivity contribution in [3.05, 3.63) is 169 Å². The molecule has 0 spiro atoms. The van der Waals surface area contributed by atoms with Crippen molar-refractivity contribution in [1.29, 1.82) is 5.26 Å². The molecule has 8 aromatic rings. The highest BCUT2D eigenvalue weighted by Crippen LogP contribution is 2.54. The zero-order valence-electron chi connectivity index (χ0n) is 25.7. The molecule has 5 nitrogen and oxygen atoms in total. The number of aromatic nitrogens is 2. The highest BCUT2D eigenvalue weighted by Gasteiger charge is 2.30. The van der Waals surface area contributed by atoms with E-state index in [9.17, 15) is 5.26 Å². The Balaban J connectivity index is 1.39. The van der Waals surface area contributed by atoms with E-state index < -0.39 is 0 Å². The fraction of sp³-hybridized carbons (Fsp3) is 0. The summed E-state index contributed by atoms with van der Waals surface area (Å²) in [6.45, 7) is 7.77. The first-order valence-corrected chi connectivity index (χ1v) is 15.7. The largest absolute Gasteiger partial charge is 0.309 e. The predicted octanol–water partition coefficient (Wildman–Crippen LogP) is 11.4. The second-order valence-electron chi connectivity index (χ2n) is 11.8. The molecule has 0 unspecified atom stereocenters. The van der Waals surface area contributed by atoms with Crippen LogP contribution in [0.4, 0.5) is 22.7 Å². The molecule has 0 saturated heterocycles. The van der Waals surface area contributed by atoms with E-state index in [4.69, 9.17) is 11.6 Å². The van der Waals surface area contributed by atoms with Gasteiger partial charge in [-0.3, -0.25) is 4.57 Å². The van der Waals surface area contributed by atoms with Crippen LogP contribution in [0.1, 0.15) is 5.56 Å². The fourth-order valence-electron chi connectivity index (χ4n) is 7.27. The minimum absolute atomic E-state index is 0.465. The van der Waals surface area contributed by atoms with Gasteiger partial charge in [0.25, 0.3) is 0 Å².